The minimum Gasteiger partial charge on any atom is -0.392 e. The molecule has 4 heteroatoms. The van der Waals surface area contributed by atoms with Gasteiger partial charge in [0, 0.05) is 29.1 Å². The molecule has 1 heterocycles. The van der Waals surface area contributed by atoms with Crippen LogP contribution < -0.4 is 0 Å². The van der Waals surface area contributed by atoms with Crippen molar-refractivity contribution in [1.29, 1.82) is 0 Å². The highest BCUT2D eigenvalue weighted by molar-refractivity contribution is 9.10. The van der Waals surface area contributed by atoms with E-state index in [4.69, 9.17) is 11.6 Å². The van der Waals surface area contributed by atoms with Crippen molar-refractivity contribution in [2.75, 3.05) is 13.1 Å². The molecule has 1 atom stereocenters. The monoisotopic (exact) mass is 289 g/mol. The number of hydrogen-bond acceptors (Lipinski definition) is 2. The highest BCUT2D eigenvalue weighted by Crippen LogP contribution is 2.24. The molecule has 1 aliphatic heterocycles. The maximum absolute atomic E-state index is 9.42. The second-order valence-electron chi connectivity index (χ2n) is 3.91. The van der Waals surface area contributed by atoms with Gasteiger partial charge in [-0.2, -0.15) is 0 Å². The number of aliphatic hydroxyl groups excluding tert-OH is 1. The zero-order chi connectivity index (χ0) is 10.8. The first-order valence-corrected chi connectivity index (χ1v) is 6.16. The number of likely N-dealkylation sites (tertiary alicyclic amines) is 1. The third-order valence-electron chi connectivity index (χ3n) is 2.66. The molecule has 1 aliphatic rings. The van der Waals surface area contributed by atoms with Crippen LogP contribution in [0.4, 0.5) is 0 Å². The van der Waals surface area contributed by atoms with Crippen LogP contribution in [-0.2, 0) is 6.54 Å². The topological polar surface area (TPSA) is 23.5 Å². The standard InChI is InChI=1S/C11H13BrClNO/c12-11-5-9(13)2-1-8(11)6-14-4-3-10(15)7-14/h1-2,5,10,15H,3-4,6-7H2/t10-/m0/s1. The molecule has 15 heavy (non-hydrogen) atoms. The average Bonchev–Trinajstić information content (AvgIpc) is 2.56. The molecule has 0 saturated carbocycles. The lowest BCUT2D eigenvalue weighted by atomic mass is 10.2. The van der Waals surface area contributed by atoms with E-state index in [9.17, 15) is 5.11 Å². The van der Waals surface area contributed by atoms with Crippen molar-refractivity contribution >= 4 is 27.5 Å². The van der Waals surface area contributed by atoms with E-state index in [1.807, 2.05) is 18.2 Å². The van der Waals surface area contributed by atoms with Crippen molar-refractivity contribution in [3.8, 4) is 0 Å². The molecule has 0 aromatic heterocycles. The summed E-state index contributed by atoms with van der Waals surface area (Å²) in [5.41, 5.74) is 1.22. The highest BCUT2D eigenvalue weighted by atomic mass is 79.9. The molecule has 82 valence electrons. The van der Waals surface area contributed by atoms with Gasteiger partial charge in [0.1, 0.15) is 0 Å². The lowest BCUT2D eigenvalue weighted by molar-refractivity contribution is 0.174. The number of aliphatic hydroxyl groups is 1. The van der Waals surface area contributed by atoms with E-state index >= 15 is 0 Å². The number of halogens is 2. The molecule has 0 amide bonds. The lowest BCUT2D eigenvalue weighted by Crippen LogP contribution is -2.21. The summed E-state index contributed by atoms with van der Waals surface area (Å²) in [5.74, 6) is 0. The van der Waals surface area contributed by atoms with E-state index in [1.54, 1.807) is 0 Å². The van der Waals surface area contributed by atoms with Gasteiger partial charge >= 0.3 is 0 Å². The van der Waals surface area contributed by atoms with Crippen LogP contribution in [0.25, 0.3) is 0 Å². The Balaban J connectivity index is 2.04. The predicted octanol–water partition coefficient (Wildman–Crippen LogP) is 2.67. The van der Waals surface area contributed by atoms with E-state index < -0.39 is 0 Å². The molecule has 1 aromatic rings. The third kappa shape index (κ3) is 2.94. The SMILES string of the molecule is O[C@H]1CCN(Cc2ccc(Cl)cc2Br)C1. The van der Waals surface area contributed by atoms with Crippen LogP contribution in [0.15, 0.2) is 22.7 Å². The molecule has 2 rings (SSSR count). The van der Waals surface area contributed by atoms with E-state index in [1.165, 1.54) is 5.56 Å². The van der Waals surface area contributed by atoms with Crippen LogP contribution in [0.5, 0.6) is 0 Å². The quantitative estimate of drug-likeness (QED) is 0.905. The Hall–Kier alpha value is -0.0900. The van der Waals surface area contributed by atoms with Gasteiger partial charge < -0.3 is 5.11 Å². The van der Waals surface area contributed by atoms with Gasteiger partial charge in [-0.3, -0.25) is 4.90 Å². The maximum atomic E-state index is 9.42. The fourth-order valence-corrected chi connectivity index (χ4v) is 2.65. The minimum absolute atomic E-state index is 0.156. The van der Waals surface area contributed by atoms with Crippen LogP contribution in [0, 0.1) is 0 Å². The summed E-state index contributed by atoms with van der Waals surface area (Å²) in [4.78, 5) is 2.25. The first-order valence-electron chi connectivity index (χ1n) is 4.99. The summed E-state index contributed by atoms with van der Waals surface area (Å²) in [5, 5.41) is 10.2. The number of nitrogens with zero attached hydrogens (tertiary/aromatic N) is 1. The van der Waals surface area contributed by atoms with Gasteiger partial charge in [-0.15, -0.1) is 0 Å². The van der Waals surface area contributed by atoms with Crippen molar-refractivity contribution < 1.29 is 5.11 Å². The average molecular weight is 291 g/mol. The number of rotatable bonds is 2. The zero-order valence-electron chi connectivity index (χ0n) is 8.29. The molecule has 0 bridgehead atoms. The predicted molar refractivity (Wildman–Crippen MR) is 65.1 cm³/mol. The molecule has 1 N–H and O–H groups in total. The van der Waals surface area contributed by atoms with Gasteiger partial charge in [0.05, 0.1) is 6.10 Å². The summed E-state index contributed by atoms with van der Waals surface area (Å²) in [7, 11) is 0. The zero-order valence-corrected chi connectivity index (χ0v) is 10.6. The Morgan fingerprint density at radius 3 is 2.93 bits per heavy atom. The summed E-state index contributed by atoms with van der Waals surface area (Å²) in [6.45, 7) is 2.61. The van der Waals surface area contributed by atoms with Crippen LogP contribution in [0.1, 0.15) is 12.0 Å². The van der Waals surface area contributed by atoms with E-state index in [-0.39, 0.29) is 6.10 Å². The van der Waals surface area contributed by atoms with Gasteiger partial charge in [0.15, 0.2) is 0 Å². The molecule has 0 aliphatic carbocycles. The molecule has 1 saturated heterocycles. The van der Waals surface area contributed by atoms with Crippen molar-refractivity contribution in [2.24, 2.45) is 0 Å². The summed E-state index contributed by atoms with van der Waals surface area (Å²) < 4.78 is 1.04. The maximum Gasteiger partial charge on any atom is 0.0679 e. The van der Waals surface area contributed by atoms with Crippen molar-refractivity contribution in [1.82, 2.24) is 4.90 Å². The Labute approximate surface area is 103 Å². The van der Waals surface area contributed by atoms with Crippen LogP contribution >= 0.6 is 27.5 Å². The normalized spacial score (nSPS) is 22.2. The van der Waals surface area contributed by atoms with Crippen LogP contribution in [-0.4, -0.2) is 29.2 Å². The van der Waals surface area contributed by atoms with Crippen LogP contribution in [0.3, 0.4) is 0 Å². The fraction of sp³-hybridized carbons (Fsp3) is 0.455. The number of β-amino-alcohol motifs (C(OH)–C–C–N with tert-alkyl or cyclic N) is 1. The van der Waals surface area contributed by atoms with Gasteiger partial charge in [0.2, 0.25) is 0 Å². The Kier molecular flexibility index (Phi) is 3.67. The number of hydrogen-bond donors (Lipinski definition) is 1. The van der Waals surface area contributed by atoms with Gasteiger partial charge in [0.25, 0.3) is 0 Å². The van der Waals surface area contributed by atoms with Gasteiger partial charge in [-0.1, -0.05) is 33.6 Å². The molecule has 1 fully saturated rings. The van der Waals surface area contributed by atoms with Crippen molar-refractivity contribution in [3.63, 3.8) is 0 Å². The summed E-state index contributed by atoms with van der Waals surface area (Å²) in [6.07, 6.45) is 0.724. The first kappa shape index (κ1) is 11.4. The summed E-state index contributed by atoms with van der Waals surface area (Å²) in [6, 6.07) is 5.83. The van der Waals surface area contributed by atoms with E-state index in [0.29, 0.717) is 0 Å². The van der Waals surface area contributed by atoms with Crippen molar-refractivity contribution in [2.45, 2.75) is 19.1 Å². The molecule has 1 aromatic carbocycles. The molecular formula is C11H13BrClNO. The molecule has 0 radical (unpaired) electrons. The fourth-order valence-electron chi connectivity index (χ4n) is 1.85. The third-order valence-corrected chi connectivity index (χ3v) is 3.63. The second-order valence-corrected chi connectivity index (χ2v) is 5.20. The van der Waals surface area contributed by atoms with E-state index in [0.717, 1.165) is 35.6 Å². The minimum atomic E-state index is -0.156. The molecule has 0 spiro atoms. The smallest absolute Gasteiger partial charge is 0.0679 e. The summed E-state index contributed by atoms with van der Waals surface area (Å²) >= 11 is 9.37. The Bertz CT molecular complexity index is 358. The Morgan fingerprint density at radius 1 is 1.53 bits per heavy atom. The Morgan fingerprint density at radius 2 is 2.33 bits per heavy atom. The first-order chi connectivity index (χ1) is 7.15. The highest BCUT2D eigenvalue weighted by Gasteiger charge is 2.20. The van der Waals surface area contributed by atoms with E-state index in [2.05, 4.69) is 20.8 Å². The van der Waals surface area contributed by atoms with Gasteiger partial charge in [-0.05, 0) is 24.1 Å². The van der Waals surface area contributed by atoms with Crippen molar-refractivity contribution in [3.05, 3.63) is 33.3 Å². The van der Waals surface area contributed by atoms with Crippen LogP contribution in [0.2, 0.25) is 5.02 Å². The number of benzene rings is 1. The van der Waals surface area contributed by atoms with Gasteiger partial charge in [-0.25, -0.2) is 0 Å². The lowest BCUT2D eigenvalue weighted by Gasteiger charge is -2.15. The molecule has 0 unspecified atom stereocenters. The molecule has 2 nitrogen and oxygen atoms in total. The second kappa shape index (κ2) is 4.83. The molecular weight excluding hydrogens is 277 g/mol. The largest absolute Gasteiger partial charge is 0.392 e.